The van der Waals surface area contributed by atoms with Gasteiger partial charge in [-0.05, 0) is 0 Å². The molecule has 0 aromatic carbocycles. The van der Waals surface area contributed by atoms with Crippen molar-refractivity contribution in [3.63, 3.8) is 0 Å². The van der Waals surface area contributed by atoms with Crippen LogP contribution in [0.25, 0.3) is 10.3 Å². The first-order valence-corrected chi connectivity index (χ1v) is 6.31. The highest BCUT2D eigenvalue weighted by Crippen LogP contribution is 2.30. The summed E-state index contributed by atoms with van der Waals surface area (Å²) >= 11 is 4.39. The van der Waals surface area contributed by atoms with E-state index < -0.39 is 0 Å². The smallest absolute Gasteiger partial charge is 0.263 e. The number of halogens is 1. The Morgan fingerprint density at radius 3 is 2.88 bits per heavy atom. The summed E-state index contributed by atoms with van der Waals surface area (Å²) in [5, 5.41) is 2.69. The number of nitrogens with two attached hydrogens (primary N) is 1. The molecule has 0 fully saturated rings. The minimum atomic E-state index is -0.243. The number of hydrogen-bond acceptors (Lipinski definition) is 5. The summed E-state index contributed by atoms with van der Waals surface area (Å²) in [4.78, 5) is 21.1. The lowest BCUT2D eigenvalue weighted by Crippen LogP contribution is -2.24. The molecule has 2 aromatic heterocycles. The van der Waals surface area contributed by atoms with Crippen molar-refractivity contribution in [2.45, 2.75) is 0 Å². The summed E-state index contributed by atoms with van der Waals surface area (Å²) in [6, 6.07) is 0. The zero-order valence-electron chi connectivity index (χ0n) is 8.74. The molecule has 2 aromatic rings. The second-order valence-electron chi connectivity index (χ2n) is 3.25. The van der Waals surface area contributed by atoms with Gasteiger partial charge in [-0.3, -0.25) is 4.79 Å². The Labute approximate surface area is 110 Å². The molecule has 0 bridgehead atoms. The summed E-state index contributed by atoms with van der Waals surface area (Å²) in [7, 11) is 0. The molecule has 0 aliphatic carbocycles. The third kappa shape index (κ3) is 2.45. The molecule has 1 amide bonds. The number of carbonyl (C=O) groups excluding carboxylic acids is 1. The molecular weight excluding hydrogens is 304 g/mol. The van der Waals surface area contributed by atoms with E-state index in [1.54, 1.807) is 12.4 Å². The molecule has 88 valence electrons. The summed E-state index contributed by atoms with van der Waals surface area (Å²) in [5.74, 6) is -0.243. The number of nitrogens with zero attached hydrogens (tertiary/aromatic N) is 2. The SMILES string of the molecule is C=C(Br)CNC(=O)c1sc2nccnc2c1N. The molecule has 0 spiro atoms. The maximum Gasteiger partial charge on any atom is 0.263 e. The van der Waals surface area contributed by atoms with Crippen molar-refractivity contribution in [2.24, 2.45) is 0 Å². The van der Waals surface area contributed by atoms with E-state index in [9.17, 15) is 4.79 Å². The highest BCUT2D eigenvalue weighted by molar-refractivity contribution is 9.11. The third-order valence-corrected chi connectivity index (χ3v) is 3.39. The lowest BCUT2D eigenvalue weighted by atomic mass is 10.3. The van der Waals surface area contributed by atoms with Gasteiger partial charge in [-0.15, -0.1) is 11.3 Å². The number of rotatable bonds is 3. The van der Waals surface area contributed by atoms with Gasteiger partial charge in [-0.2, -0.15) is 0 Å². The van der Waals surface area contributed by atoms with Gasteiger partial charge in [0.1, 0.15) is 15.2 Å². The number of thiophene rings is 1. The Morgan fingerprint density at radius 1 is 1.53 bits per heavy atom. The van der Waals surface area contributed by atoms with Crippen LogP contribution in [-0.2, 0) is 0 Å². The average molecular weight is 313 g/mol. The van der Waals surface area contributed by atoms with Gasteiger partial charge in [0.05, 0.1) is 5.69 Å². The molecule has 0 radical (unpaired) electrons. The lowest BCUT2D eigenvalue weighted by molar-refractivity contribution is 0.0962. The van der Waals surface area contributed by atoms with Crippen molar-refractivity contribution in [3.05, 3.63) is 28.3 Å². The van der Waals surface area contributed by atoms with Gasteiger partial charge < -0.3 is 11.1 Å². The van der Waals surface area contributed by atoms with Crippen LogP contribution in [0.15, 0.2) is 23.5 Å². The van der Waals surface area contributed by atoms with Crippen LogP contribution in [0.2, 0.25) is 0 Å². The summed E-state index contributed by atoms with van der Waals surface area (Å²) in [5.41, 5.74) is 6.80. The summed E-state index contributed by atoms with van der Waals surface area (Å²) in [6.45, 7) is 3.99. The predicted octanol–water partition coefficient (Wildman–Crippen LogP) is 1.91. The largest absolute Gasteiger partial charge is 0.396 e. The lowest BCUT2D eigenvalue weighted by Gasteiger charge is -2.01. The van der Waals surface area contributed by atoms with E-state index in [-0.39, 0.29) is 5.91 Å². The number of carbonyl (C=O) groups is 1. The molecule has 5 nitrogen and oxygen atoms in total. The highest BCUT2D eigenvalue weighted by Gasteiger charge is 2.17. The first-order valence-electron chi connectivity index (χ1n) is 4.70. The second-order valence-corrected chi connectivity index (χ2v) is 5.38. The van der Waals surface area contributed by atoms with E-state index in [0.29, 0.717) is 31.9 Å². The van der Waals surface area contributed by atoms with Gasteiger partial charge >= 0.3 is 0 Å². The van der Waals surface area contributed by atoms with Crippen LogP contribution < -0.4 is 11.1 Å². The van der Waals surface area contributed by atoms with Crippen molar-refractivity contribution in [1.29, 1.82) is 0 Å². The number of nitrogens with one attached hydrogen (secondary N) is 1. The molecule has 7 heteroatoms. The van der Waals surface area contributed by atoms with Crippen LogP contribution >= 0.6 is 27.3 Å². The van der Waals surface area contributed by atoms with E-state index in [1.807, 2.05) is 0 Å². The van der Waals surface area contributed by atoms with Gasteiger partial charge in [-0.1, -0.05) is 22.5 Å². The fourth-order valence-electron chi connectivity index (χ4n) is 1.27. The van der Waals surface area contributed by atoms with Crippen molar-refractivity contribution in [2.75, 3.05) is 12.3 Å². The maximum absolute atomic E-state index is 11.8. The first kappa shape index (κ1) is 12.0. The first-order chi connectivity index (χ1) is 8.09. The Morgan fingerprint density at radius 2 is 2.24 bits per heavy atom. The number of fused-ring (bicyclic) bond motifs is 1. The molecular formula is C10H9BrN4OS. The van der Waals surface area contributed by atoms with Crippen molar-refractivity contribution >= 4 is 49.2 Å². The molecule has 2 rings (SSSR count). The Hall–Kier alpha value is -1.47. The Balaban J connectivity index is 2.32. The maximum atomic E-state index is 11.8. The molecule has 0 aliphatic rings. The van der Waals surface area contributed by atoms with E-state index in [0.717, 1.165) is 0 Å². The number of amides is 1. The molecule has 3 N–H and O–H groups in total. The van der Waals surface area contributed by atoms with Gasteiger partial charge in [0.15, 0.2) is 0 Å². The summed E-state index contributed by atoms with van der Waals surface area (Å²) < 4.78 is 0.696. The molecule has 17 heavy (non-hydrogen) atoms. The number of anilines is 1. The zero-order chi connectivity index (χ0) is 12.4. The molecule has 0 saturated heterocycles. The minimum Gasteiger partial charge on any atom is -0.396 e. The van der Waals surface area contributed by atoms with E-state index in [4.69, 9.17) is 5.73 Å². The zero-order valence-corrected chi connectivity index (χ0v) is 11.1. The molecule has 2 heterocycles. The number of aromatic nitrogens is 2. The molecule has 0 aliphatic heterocycles. The highest BCUT2D eigenvalue weighted by atomic mass is 79.9. The normalized spacial score (nSPS) is 10.4. The quantitative estimate of drug-likeness (QED) is 0.907. The minimum absolute atomic E-state index is 0.243. The van der Waals surface area contributed by atoms with E-state index in [2.05, 4.69) is 37.8 Å². The standard InChI is InChI=1S/C10H9BrN4OS/c1-5(11)4-15-9(16)8-6(12)7-10(17-8)14-3-2-13-7/h2-3H,1,4,12H2,(H,15,16). The Bertz CT molecular complexity index is 595. The van der Waals surface area contributed by atoms with Crippen LogP contribution in [-0.4, -0.2) is 22.4 Å². The van der Waals surface area contributed by atoms with Crippen LogP contribution in [0.3, 0.4) is 0 Å². The fraction of sp³-hybridized carbons (Fsp3) is 0.100. The number of hydrogen-bond donors (Lipinski definition) is 2. The fourth-order valence-corrected chi connectivity index (χ4v) is 2.35. The number of nitrogen functional groups attached to an aromatic ring is 1. The summed E-state index contributed by atoms with van der Waals surface area (Å²) in [6.07, 6.45) is 3.12. The van der Waals surface area contributed by atoms with Crippen LogP contribution in [0.4, 0.5) is 5.69 Å². The molecule has 0 saturated carbocycles. The van der Waals surface area contributed by atoms with Crippen molar-refractivity contribution in [1.82, 2.24) is 15.3 Å². The van der Waals surface area contributed by atoms with Gasteiger partial charge in [0.2, 0.25) is 0 Å². The van der Waals surface area contributed by atoms with Crippen molar-refractivity contribution in [3.8, 4) is 0 Å². The van der Waals surface area contributed by atoms with Gasteiger partial charge in [0.25, 0.3) is 5.91 Å². The second kappa shape index (κ2) is 4.80. The van der Waals surface area contributed by atoms with Crippen molar-refractivity contribution < 1.29 is 4.79 Å². The molecule has 0 atom stereocenters. The van der Waals surface area contributed by atoms with Crippen LogP contribution in [0, 0.1) is 0 Å². The van der Waals surface area contributed by atoms with Gasteiger partial charge in [0, 0.05) is 23.4 Å². The van der Waals surface area contributed by atoms with E-state index in [1.165, 1.54) is 11.3 Å². The van der Waals surface area contributed by atoms with Crippen LogP contribution in [0.1, 0.15) is 9.67 Å². The van der Waals surface area contributed by atoms with Crippen LogP contribution in [0.5, 0.6) is 0 Å². The predicted molar refractivity (Wildman–Crippen MR) is 72.2 cm³/mol. The monoisotopic (exact) mass is 312 g/mol. The third-order valence-electron chi connectivity index (χ3n) is 2.01. The molecule has 0 unspecified atom stereocenters. The average Bonchev–Trinajstić information content (AvgIpc) is 2.64. The van der Waals surface area contributed by atoms with E-state index >= 15 is 0 Å². The topological polar surface area (TPSA) is 80.9 Å². The van der Waals surface area contributed by atoms with Gasteiger partial charge in [-0.25, -0.2) is 9.97 Å². The Kier molecular flexibility index (Phi) is 3.39.